The first-order chi connectivity index (χ1) is 9.06. The lowest BCUT2D eigenvalue weighted by Gasteiger charge is -2.25. The molecule has 0 saturated heterocycles. The van der Waals surface area contributed by atoms with E-state index in [1.165, 1.54) is 0 Å². The molecule has 1 aliphatic carbocycles. The van der Waals surface area contributed by atoms with Crippen LogP contribution < -0.4 is 11.1 Å². The van der Waals surface area contributed by atoms with Gasteiger partial charge in [0.2, 0.25) is 0 Å². The zero-order chi connectivity index (χ0) is 13.8. The first-order valence-electron chi connectivity index (χ1n) is 6.57. The largest absolute Gasteiger partial charge is 0.398 e. The monoisotopic (exact) mass is 282 g/mol. The van der Waals surface area contributed by atoms with Crippen LogP contribution in [0.4, 0.5) is 5.69 Å². The summed E-state index contributed by atoms with van der Waals surface area (Å²) < 4.78 is 0. The molecule has 0 aromatic heterocycles. The van der Waals surface area contributed by atoms with Gasteiger partial charge in [0, 0.05) is 12.1 Å². The average Bonchev–Trinajstić information content (AvgIpc) is 2.39. The van der Waals surface area contributed by atoms with Crippen molar-refractivity contribution in [2.75, 3.05) is 12.3 Å². The van der Waals surface area contributed by atoms with Crippen LogP contribution in [0, 0.1) is 5.92 Å². The summed E-state index contributed by atoms with van der Waals surface area (Å²) in [6, 6.07) is 4.86. The van der Waals surface area contributed by atoms with Crippen molar-refractivity contribution >= 4 is 23.2 Å². The van der Waals surface area contributed by atoms with Crippen LogP contribution in [0.2, 0.25) is 5.02 Å². The third kappa shape index (κ3) is 3.85. The number of hydrogen-bond donors (Lipinski definition) is 3. The van der Waals surface area contributed by atoms with Gasteiger partial charge in [0.25, 0.3) is 5.91 Å². The highest BCUT2D eigenvalue weighted by Gasteiger charge is 2.20. The normalized spacial score (nSPS) is 23.1. The van der Waals surface area contributed by atoms with E-state index >= 15 is 0 Å². The molecule has 1 aromatic carbocycles. The summed E-state index contributed by atoms with van der Waals surface area (Å²) in [4.78, 5) is 12.0. The Balaban J connectivity index is 1.88. The minimum atomic E-state index is -0.221. The van der Waals surface area contributed by atoms with E-state index in [0.29, 0.717) is 28.7 Å². The Kier molecular flexibility index (Phi) is 4.66. The number of aliphatic hydroxyl groups excluding tert-OH is 1. The zero-order valence-corrected chi connectivity index (χ0v) is 11.5. The van der Waals surface area contributed by atoms with Gasteiger partial charge < -0.3 is 16.2 Å². The smallest absolute Gasteiger partial charge is 0.251 e. The van der Waals surface area contributed by atoms with E-state index in [4.69, 9.17) is 17.3 Å². The molecule has 5 heteroatoms. The summed E-state index contributed by atoms with van der Waals surface area (Å²) in [5.74, 6) is 0.207. The molecule has 4 nitrogen and oxygen atoms in total. The molecular weight excluding hydrogens is 264 g/mol. The average molecular weight is 283 g/mol. The standard InChI is InChI=1S/C14H19ClN2O2/c15-12-7-10(4-5-13(12)16)14(19)17-8-9-2-1-3-11(18)6-9/h4-5,7,9,11,18H,1-3,6,8,16H2,(H,17,19). The number of halogens is 1. The topological polar surface area (TPSA) is 75.4 Å². The van der Waals surface area contributed by atoms with Crippen LogP contribution in [0.1, 0.15) is 36.0 Å². The van der Waals surface area contributed by atoms with Gasteiger partial charge in [-0.25, -0.2) is 0 Å². The van der Waals surface area contributed by atoms with Crippen LogP contribution in [-0.2, 0) is 0 Å². The van der Waals surface area contributed by atoms with Gasteiger partial charge in [-0.2, -0.15) is 0 Å². The Morgan fingerprint density at radius 2 is 2.26 bits per heavy atom. The summed E-state index contributed by atoms with van der Waals surface area (Å²) in [7, 11) is 0. The predicted molar refractivity (Wildman–Crippen MR) is 76.2 cm³/mol. The van der Waals surface area contributed by atoms with E-state index in [1.54, 1.807) is 18.2 Å². The number of nitrogen functional groups attached to an aromatic ring is 1. The number of aliphatic hydroxyl groups is 1. The molecule has 1 saturated carbocycles. The zero-order valence-electron chi connectivity index (χ0n) is 10.7. The van der Waals surface area contributed by atoms with Crippen molar-refractivity contribution in [3.63, 3.8) is 0 Å². The van der Waals surface area contributed by atoms with Crippen LogP contribution in [0.15, 0.2) is 18.2 Å². The molecule has 0 radical (unpaired) electrons. The molecule has 0 bridgehead atoms. The highest BCUT2D eigenvalue weighted by molar-refractivity contribution is 6.33. The molecule has 1 aromatic rings. The van der Waals surface area contributed by atoms with E-state index in [9.17, 15) is 9.90 Å². The van der Waals surface area contributed by atoms with E-state index in [1.807, 2.05) is 0 Å². The number of rotatable bonds is 3. The van der Waals surface area contributed by atoms with E-state index in [-0.39, 0.29) is 12.0 Å². The lowest BCUT2D eigenvalue weighted by atomic mass is 9.87. The van der Waals surface area contributed by atoms with Crippen LogP contribution in [-0.4, -0.2) is 23.7 Å². The Bertz CT molecular complexity index is 465. The van der Waals surface area contributed by atoms with E-state index in [0.717, 1.165) is 25.7 Å². The van der Waals surface area contributed by atoms with Gasteiger partial charge in [-0.05, 0) is 43.4 Å². The number of benzene rings is 1. The minimum Gasteiger partial charge on any atom is -0.398 e. The molecule has 0 aliphatic heterocycles. The second-order valence-corrected chi connectivity index (χ2v) is 5.54. The highest BCUT2D eigenvalue weighted by Crippen LogP contribution is 2.24. The number of carbonyl (C=O) groups is 1. The maximum atomic E-state index is 12.0. The fourth-order valence-corrected chi connectivity index (χ4v) is 2.64. The summed E-state index contributed by atoms with van der Waals surface area (Å²) in [5.41, 5.74) is 6.58. The fourth-order valence-electron chi connectivity index (χ4n) is 2.46. The second-order valence-electron chi connectivity index (χ2n) is 5.13. The lowest BCUT2D eigenvalue weighted by molar-refractivity contribution is 0.0874. The van der Waals surface area contributed by atoms with Gasteiger partial charge in [-0.3, -0.25) is 4.79 Å². The molecule has 2 atom stereocenters. The molecule has 0 spiro atoms. The molecule has 0 heterocycles. The molecule has 2 unspecified atom stereocenters. The Morgan fingerprint density at radius 1 is 1.47 bits per heavy atom. The maximum Gasteiger partial charge on any atom is 0.251 e. The SMILES string of the molecule is Nc1ccc(C(=O)NCC2CCCC(O)C2)cc1Cl. The number of nitrogens with one attached hydrogen (secondary N) is 1. The van der Waals surface area contributed by atoms with Crippen LogP contribution in [0.3, 0.4) is 0 Å². The number of amides is 1. The summed E-state index contributed by atoms with van der Waals surface area (Å²) in [6.07, 6.45) is 3.50. The third-order valence-corrected chi connectivity index (χ3v) is 3.90. The fraction of sp³-hybridized carbons (Fsp3) is 0.500. The van der Waals surface area contributed by atoms with Crippen LogP contribution in [0.25, 0.3) is 0 Å². The summed E-state index contributed by atoms with van der Waals surface area (Å²) >= 11 is 5.89. The van der Waals surface area contributed by atoms with Crippen LogP contribution >= 0.6 is 11.6 Å². The molecule has 4 N–H and O–H groups in total. The minimum absolute atomic E-state index is 0.151. The van der Waals surface area contributed by atoms with Gasteiger partial charge in [0.05, 0.1) is 16.8 Å². The number of anilines is 1. The predicted octanol–water partition coefficient (Wildman–Crippen LogP) is 2.20. The molecule has 1 fully saturated rings. The highest BCUT2D eigenvalue weighted by atomic mass is 35.5. The molecule has 1 aliphatic rings. The Labute approximate surface area is 117 Å². The van der Waals surface area contributed by atoms with E-state index in [2.05, 4.69) is 5.32 Å². The first kappa shape index (κ1) is 14.2. The van der Waals surface area contributed by atoms with Gasteiger partial charge in [0.15, 0.2) is 0 Å². The lowest BCUT2D eigenvalue weighted by Crippen LogP contribution is -2.32. The molecule has 19 heavy (non-hydrogen) atoms. The summed E-state index contributed by atoms with van der Waals surface area (Å²) in [6.45, 7) is 0.595. The van der Waals surface area contributed by atoms with Crippen molar-refractivity contribution in [2.24, 2.45) is 5.92 Å². The Hall–Kier alpha value is -1.26. The first-order valence-corrected chi connectivity index (χ1v) is 6.95. The van der Waals surface area contributed by atoms with Gasteiger partial charge in [-0.1, -0.05) is 18.0 Å². The quantitative estimate of drug-likeness (QED) is 0.744. The third-order valence-electron chi connectivity index (χ3n) is 3.57. The van der Waals surface area contributed by atoms with Crippen LogP contribution in [0.5, 0.6) is 0 Å². The second kappa shape index (κ2) is 6.26. The number of hydrogen-bond acceptors (Lipinski definition) is 3. The van der Waals surface area contributed by atoms with E-state index < -0.39 is 0 Å². The van der Waals surface area contributed by atoms with Crippen molar-refractivity contribution in [1.82, 2.24) is 5.32 Å². The molecule has 2 rings (SSSR count). The summed E-state index contributed by atoms with van der Waals surface area (Å²) in [5, 5.41) is 12.9. The van der Waals surface area contributed by atoms with Gasteiger partial charge in [-0.15, -0.1) is 0 Å². The molecular formula is C14H19ClN2O2. The van der Waals surface area contributed by atoms with Crippen molar-refractivity contribution in [3.05, 3.63) is 28.8 Å². The van der Waals surface area contributed by atoms with Gasteiger partial charge >= 0.3 is 0 Å². The van der Waals surface area contributed by atoms with Crippen molar-refractivity contribution in [2.45, 2.75) is 31.8 Å². The van der Waals surface area contributed by atoms with Crippen molar-refractivity contribution in [1.29, 1.82) is 0 Å². The number of carbonyl (C=O) groups excluding carboxylic acids is 1. The van der Waals surface area contributed by atoms with Crippen molar-refractivity contribution < 1.29 is 9.90 Å². The maximum absolute atomic E-state index is 12.0. The molecule has 1 amide bonds. The van der Waals surface area contributed by atoms with Gasteiger partial charge in [0.1, 0.15) is 0 Å². The Morgan fingerprint density at radius 3 is 2.95 bits per heavy atom. The van der Waals surface area contributed by atoms with Crippen molar-refractivity contribution in [3.8, 4) is 0 Å². The molecule has 104 valence electrons. The number of nitrogens with two attached hydrogens (primary N) is 1.